The minimum Gasteiger partial charge on any atom is -0.415 e. The van der Waals surface area contributed by atoms with Gasteiger partial charge in [-0.25, -0.2) is 4.39 Å². The second kappa shape index (κ2) is 6.66. The Balaban J connectivity index is 1.90. The van der Waals surface area contributed by atoms with Crippen LogP contribution in [0.15, 0.2) is 27.8 Å². The molecule has 1 aromatic heterocycles. The largest absolute Gasteiger partial charge is 0.415 e. The fourth-order valence-electron chi connectivity index (χ4n) is 1.47. The van der Waals surface area contributed by atoms with Gasteiger partial charge in [0, 0.05) is 11.1 Å². The number of hydrogen-bond donors (Lipinski definition) is 1. The minimum absolute atomic E-state index is 0.0443. The van der Waals surface area contributed by atoms with Crippen molar-refractivity contribution < 1.29 is 13.6 Å². The molecule has 0 aliphatic carbocycles. The molecule has 0 fully saturated rings. The number of aromatic nitrogens is 2. The third-order valence-electron chi connectivity index (χ3n) is 2.58. The van der Waals surface area contributed by atoms with Crippen LogP contribution in [0.2, 0.25) is 5.02 Å². The predicted octanol–water partition coefficient (Wildman–Crippen LogP) is 3.89. The lowest BCUT2D eigenvalue weighted by Gasteiger charge is -2.10. The van der Waals surface area contributed by atoms with Gasteiger partial charge in [-0.15, -0.1) is 10.2 Å². The van der Waals surface area contributed by atoms with Crippen LogP contribution in [0, 0.1) is 5.82 Å². The molecule has 0 unspecified atom stereocenters. The van der Waals surface area contributed by atoms with E-state index in [0.717, 1.165) is 11.8 Å². The minimum atomic E-state index is -0.533. The van der Waals surface area contributed by atoms with Crippen LogP contribution in [0.1, 0.15) is 26.7 Å². The second-order valence-corrected chi connectivity index (χ2v) is 6.92. The van der Waals surface area contributed by atoms with Crippen molar-refractivity contribution in [1.82, 2.24) is 10.2 Å². The van der Waals surface area contributed by atoms with Gasteiger partial charge in [-0.3, -0.25) is 4.79 Å². The number of halogens is 2. The molecule has 0 radical (unpaired) electrons. The normalized spacial score (nSPS) is 11.5. The van der Waals surface area contributed by atoms with E-state index >= 15 is 0 Å². The Morgan fingerprint density at radius 2 is 2.14 bits per heavy atom. The number of nitrogens with zero attached hydrogens (tertiary/aromatic N) is 2. The number of amides is 1. The summed E-state index contributed by atoms with van der Waals surface area (Å²) in [6, 6.07) is 3.98. The number of carbonyl (C=O) groups excluding carboxylic acids is 1. The monoisotopic (exact) mass is 343 g/mol. The summed E-state index contributed by atoms with van der Waals surface area (Å²) in [5.74, 6) is -0.195. The molecule has 0 atom stereocenters. The van der Waals surface area contributed by atoms with Crippen LogP contribution < -0.4 is 5.32 Å². The average Bonchev–Trinajstić information content (AvgIpc) is 2.89. The summed E-state index contributed by atoms with van der Waals surface area (Å²) >= 11 is 6.78. The molecule has 1 N–H and O–H groups in total. The van der Waals surface area contributed by atoms with Gasteiger partial charge in [-0.05, 0) is 18.2 Å². The lowest BCUT2D eigenvalue weighted by Crippen LogP contribution is -2.14. The van der Waals surface area contributed by atoms with Crippen LogP contribution in [-0.2, 0) is 10.2 Å². The van der Waals surface area contributed by atoms with Gasteiger partial charge in [0.2, 0.25) is 11.8 Å². The zero-order valence-electron chi connectivity index (χ0n) is 12.3. The molecule has 0 saturated carbocycles. The fourth-order valence-corrected chi connectivity index (χ4v) is 2.21. The van der Waals surface area contributed by atoms with Crippen molar-refractivity contribution in [2.45, 2.75) is 31.4 Å². The second-order valence-electron chi connectivity index (χ2n) is 5.59. The molecule has 1 amide bonds. The van der Waals surface area contributed by atoms with Crippen molar-refractivity contribution in [3.05, 3.63) is 34.9 Å². The Hall–Kier alpha value is -1.60. The maximum Gasteiger partial charge on any atom is 0.277 e. The molecule has 22 heavy (non-hydrogen) atoms. The van der Waals surface area contributed by atoms with Crippen LogP contribution in [0.25, 0.3) is 0 Å². The molecule has 1 heterocycles. The van der Waals surface area contributed by atoms with Gasteiger partial charge in [0.05, 0.1) is 10.8 Å². The third kappa shape index (κ3) is 4.45. The highest BCUT2D eigenvalue weighted by Crippen LogP contribution is 2.25. The lowest BCUT2D eigenvalue weighted by atomic mass is 9.97. The van der Waals surface area contributed by atoms with Gasteiger partial charge in [0.25, 0.3) is 5.22 Å². The van der Waals surface area contributed by atoms with Gasteiger partial charge in [-0.1, -0.05) is 44.1 Å². The molecular weight excluding hydrogens is 329 g/mol. The third-order valence-corrected chi connectivity index (χ3v) is 3.69. The first-order valence-electron chi connectivity index (χ1n) is 6.47. The molecular formula is C14H15ClFN3O2S. The Kier molecular flexibility index (Phi) is 5.08. The number of thioether (sulfide) groups is 1. The highest BCUT2D eigenvalue weighted by molar-refractivity contribution is 7.99. The Labute approximate surface area is 136 Å². The van der Waals surface area contributed by atoms with Crippen molar-refractivity contribution in [3.63, 3.8) is 0 Å². The first kappa shape index (κ1) is 16.8. The van der Waals surface area contributed by atoms with E-state index in [4.69, 9.17) is 16.0 Å². The molecule has 0 spiro atoms. The molecule has 2 rings (SSSR count). The van der Waals surface area contributed by atoms with Crippen molar-refractivity contribution in [1.29, 1.82) is 0 Å². The number of anilines is 1. The van der Waals surface area contributed by atoms with Crippen LogP contribution in [-0.4, -0.2) is 21.9 Å². The van der Waals surface area contributed by atoms with Crippen molar-refractivity contribution >= 4 is 35.0 Å². The Morgan fingerprint density at radius 3 is 2.73 bits per heavy atom. The van der Waals surface area contributed by atoms with Gasteiger partial charge < -0.3 is 9.73 Å². The SMILES string of the molecule is CC(C)(C)c1nnc(SCC(=O)Nc2ccc(F)c(Cl)c2)o1. The van der Waals surface area contributed by atoms with Gasteiger partial charge in [-0.2, -0.15) is 0 Å². The molecule has 5 nitrogen and oxygen atoms in total. The van der Waals surface area contributed by atoms with E-state index in [-0.39, 0.29) is 22.1 Å². The zero-order valence-corrected chi connectivity index (χ0v) is 13.9. The first-order valence-corrected chi connectivity index (χ1v) is 7.84. The molecule has 0 aliphatic heterocycles. The van der Waals surface area contributed by atoms with Crippen LogP contribution in [0.4, 0.5) is 10.1 Å². The topological polar surface area (TPSA) is 68.0 Å². The van der Waals surface area contributed by atoms with E-state index < -0.39 is 5.82 Å². The van der Waals surface area contributed by atoms with Crippen molar-refractivity contribution in [2.24, 2.45) is 0 Å². The lowest BCUT2D eigenvalue weighted by molar-refractivity contribution is -0.113. The summed E-state index contributed by atoms with van der Waals surface area (Å²) in [6.07, 6.45) is 0. The zero-order chi connectivity index (χ0) is 16.3. The number of nitrogens with one attached hydrogen (secondary N) is 1. The van der Waals surface area contributed by atoms with E-state index in [1.54, 1.807) is 0 Å². The summed E-state index contributed by atoms with van der Waals surface area (Å²) < 4.78 is 18.5. The Morgan fingerprint density at radius 1 is 1.41 bits per heavy atom. The average molecular weight is 344 g/mol. The van der Waals surface area contributed by atoms with E-state index in [1.807, 2.05) is 20.8 Å². The van der Waals surface area contributed by atoms with Crippen LogP contribution >= 0.6 is 23.4 Å². The van der Waals surface area contributed by atoms with Gasteiger partial charge in [0.1, 0.15) is 5.82 Å². The quantitative estimate of drug-likeness (QED) is 0.853. The molecule has 0 saturated heterocycles. The maximum absolute atomic E-state index is 13.0. The van der Waals surface area contributed by atoms with E-state index in [9.17, 15) is 9.18 Å². The maximum atomic E-state index is 13.0. The standard InChI is InChI=1S/C14H15ClFN3O2S/c1-14(2,3)12-18-19-13(21-12)22-7-11(20)17-8-4-5-10(16)9(15)6-8/h4-6H,7H2,1-3H3,(H,17,20). The van der Waals surface area contributed by atoms with Crippen LogP contribution in [0.3, 0.4) is 0 Å². The summed E-state index contributed by atoms with van der Waals surface area (Å²) in [4.78, 5) is 11.8. The summed E-state index contributed by atoms with van der Waals surface area (Å²) in [5.41, 5.74) is 0.191. The molecule has 1 aromatic carbocycles. The van der Waals surface area contributed by atoms with Crippen molar-refractivity contribution in [2.75, 3.05) is 11.1 Å². The van der Waals surface area contributed by atoms with Crippen LogP contribution in [0.5, 0.6) is 0 Å². The molecule has 118 valence electrons. The summed E-state index contributed by atoms with van der Waals surface area (Å²) in [6.45, 7) is 5.87. The summed E-state index contributed by atoms with van der Waals surface area (Å²) in [5, 5.41) is 10.7. The van der Waals surface area contributed by atoms with Gasteiger partial charge >= 0.3 is 0 Å². The van der Waals surface area contributed by atoms with Crippen molar-refractivity contribution in [3.8, 4) is 0 Å². The van der Waals surface area contributed by atoms with E-state index in [0.29, 0.717) is 16.8 Å². The number of benzene rings is 1. The smallest absolute Gasteiger partial charge is 0.277 e. The highest BCUT2D eigenvalue weighted by Gasteiger charge is 2.21. The molecule has 2 aromatic rings. The molecule has 0 bridgehead atoms. The van der Waals surface area contributed by atoms with Gasteiger partial charge in [0.15, 0.2) is 0 Å². The molecule has 8 heteroatoms. The number of rotatable bonds is 4. The number of hydrogen-bond acceptors (Lipinski definition) is 5. The van der Waals surface area contributed by atoms with E-state index in [2.05, 4.69) is 15.5 Å². The predicted molar refractivity (Wildman–Crippen MR) is 83.8 cm³/mol. The summed E-state index contributed by atoms with van der Waals surface area (Å²) in [7, 11) is 0. The Bertz CT molecular complexity index is 685. The fraction of sp³-hybridized carbons (Fsp3) is 0.357. The highest BCUT2D eigenvalue weighted by atomic mass is 35.5. The van der Waals surface area contributed by atoms with E-state index in [1.165, 1.54) is 18.2 Å². The molecule has 0 aliphatic rings. The number of carbonyl (C=O) groups is 1. The first-order chi connectivity index (χ1) is 10.3.